The number of carbonyl (C=O) groups excluding carboxylic acids is 2. The second-order valence-electron chi connectivity index (χ2n) is 6.22. The maximum absolute atomic E-state index is 12.5. The molecule has 0 spiro atoms. The van der Waals surface area contributed by atoms with Crippen molar-refractivity contribution in [3.05, 3.63) is 36.0 Å². The molecule has 128 valence electrons. The molecule has 1 aliphatic rings. The Balaban J connectivity index is 1.63. The Labute approximate surface area is 140 Å². The quantitative estimate of drug-likeness (QED) is 0.659. The second-order valence-corrected chi connectivity index (χ2v) is 8.45. The summed E-state index contributed by atoms with van der Waals surface area (Å²) in [5, 5.41) is 0.785. The average Bonchev–Trinajstić information content (AvgIpc) is 3.09. The topological polar surface area (TPSA) is 93.3 Å². The summed E-state index contributed by atoms with van der Waals surface area (Å²) in [4.78, 5) is 27.5. The van der Waals surface area contributed by atoms with Crippen LogP contribution in [-0.4, -0.2) is 42.8 Å². The van der Waals surface area contributed by atoms with Crippen LogP contribution in [0.25, 0.3) is 10.9 Å². The van der Waals surface area contributed by atoms with Crippen molar-refractivity contribution in [2.24, 2.45) is 5.92 Å². The number of aromatic amines is 1. The van der Waals surface area contributed by atoms with E-state index in [1.807, 2.05) is 24.3 Å². The number of hydrogen-bond donors (Lipinski definition) is 1. The Kier molecular flexibility index (Phi) is 4.45. The molecule has 24 heavy (non-hydrogen) atoms. The van der Waals surface area contributed by atoms with Crippen molar-refractivity contribution < 1.29 is 22.7 Å². The third-order valence-corrected chi connectivity index (χ3v) is 6.15. The van der Waals surface area contributed by atoms with E-state index in [2.05, 4.69) is 4.98 Å². The number of benzene rings is 1. The summed E-state index contributed by atoms with van der Waals surface area (Å²) < 4.78 is 28.1. The maximum Gasteiger partial charge on any atom is 0.306 e. The van der Waals surface area contributed by atoms with Crippen LogP contribution in [0.4, 0.5) is 0 Å². The van der Waals surface area contributed by atoms with Gasteiger partial charge in [0, 0.05) is 29.1 Å². The van der Waals surface area contributed by atoms with Crippen molar-refractivity contribution in [2.45, 2.75) is 25.9 Å². The highest BCUT2D eigenvalue weighted by atomic mass is 32.2. The van der Waals surface area contributed by atoms with Gasteiger partial charge in [0.1, 0.15) is 0 Å². The molecule has 6 nitrogen and oxygen atoms in total. The van der Waals surface area contributed by atoms with Gasteiger partial charge in [-0.3, -0.25) is 9.59 Å². The predicted molar refractivity (Wildman–Crippen MR) is 89.6 cm³/mol. The molecule has 2 aromatic rings. The first-order valence-electron chi connectivity index (χ1n) is 7.86. The van der Waals surface area contributed by atoms with Crippen molar-refractivity contribution in [1.29, 1.82) is 0 Å². The highest BCUT2D eigenvalue weighted by molar-refractivity contribution is 7.91. The Hall–Kier alpha value is -2.15. The van der Waals surface area contributed by atoms with E-state index < -0.39 is 21.9 Å². The highest BCUT2D eigenvalue weighted by Crippen LogP contribution is 2.23. The Bertz CT molecular complexity index is 883. The van der Waals surface area contributed by atoms with Gasteiger partial charge in [-0.15, -0.1) is 0 Å². The van der Waals surface area contributed by atoms with Gasteiger partial charge in [0.25, 0.3) is 0 Å². The van der Waals surface area contributed by atoms with Gasteiger partial charge in [-0.2, -0.15) is 0 Å². The second kappa shape index (κ2) is 6.39. The number of para-hydroxylation sites is 1. The van der Waals surface area contributed by atoms with E-state index in [0.29, 0.717) is 12.0 Å². The van der Waals surface area contributed by atoms with Crippen molar-refractivity contribution in [3.8, 4) is 0 Å². The molecule has 0 unspecified atom stereocenters. The molecule has 1 aromatic carbocycles. The average molecular weight is 349 g/mol. The molecule has 3 rings (SSSR count). The minimum atomic E-state index is -3.02. The van der Waals surface area contributed by atoms with Crippen LogP contribution in [0, 0.1) is 5.92 Å². The Morgan fingerprint density at radius 3 is 2.79 bits per heavy atom. The van der Waals surface area contributed by atoms with Gasteiger partial charge in [0.15, 0.2) is 15.9 Å². The highest BCUT2D eigenvalue weighted by Gasteiger charge is 2.31. The van der Waals surface area contributed by atoms with Crippen LogP contribution < -0.4 is 0 Å². The van der Waals surface area contributed by atoms with Gasteiger partial charge in [-0.25, -0.2) is 8.42 Å². The van der Waals surface area contributed by atoms with Gasteiger partial charge < -0.3 is 9.72 Å². The zero-order valence-electron chi connectivity index (χ0n) is 13.3. The van der Waals surface area contributed by atoms with Crippen LogP contribution in [0.15, 0.2) is 30.5 Å². The number of ether oxygens (including phenoxy) is 1. The molecule has 1 fully saturated rings. The van der Waals surface area contributed by atoms with Crippen molar-refractivity contribution in [3.63, 3.8) is 0 Å². The first-order chi connectivity index (χ1) is 11.4. The lowest BCUT2D eigenvalue weighted by Gasteiger charge is -2.13. The Morgan fingerprint density at radius 1 is 1.33 bits per heavy atom. The third kappa shape index (κ3) is 3.51. The monoisotopic (exact) mass is 349 g/mol. The van der Waals surface area contributed by atoms with Crippen LogP contribution in [0.3, 0.4) is 0 Å². The summed E-state index contributed by atoms with van der Waals surface area (Å²) in [6, 6.07) is 7.40. The third-order valence-electron chi connectivity index (χ3n) is 4.31. The molecule has 0 radical (unpaired) electrons. The predicted octanol–water partition coefficient (Wildman–Crippen LogP) is 2.11. The summed E-state index contributed by atoms with van der Waals surface area (Å²) >= 11 is 0. The number of sulfone groups is 1. The van der Waals surface area contributed by atoms with Crippen molar-refractivity contribution in [1.82, 2.24) is 4.98 Å². The smallest absolute Gasteiger partial charge is 0.306 e. The molecule has 0 amide bonds. The number of aromatic nitrogens is 1. The molecule has 1 aliphatic heterocycles. The van der Waals surface area contributed by atoms with E-state index in [0.717, 1.165) is 10.9 Å². The lowest BCUT2D eigenvalue weighted by molar-refractivity contribution is -0.147. The number of nitrogens with one attached hydrogen (secondary N) is 1. The largest absolute Gasteiger partial charge is 0.454 e. The lowest BCUT2D eigenvalue weighted by Crippen LogP contribution is -2.25. The number of Topliss-reactive ketones (excluding diaryl/α,β-unsaturated/α-hetero) is 1. The number of rotatable bonds is 5. The van der Waals surface area contributed by atoms with Gasteiger partial charge in [0.05, 0.1) is 11.5 Å². The number of carbonyl (C=O) groups is 2. The number of fused-ring (bicyclic) bond motifs is 1. The van der Waals surface area contributed by atoms with E-state index in [4.69, 9.17) is 4.74 Å². The molecule has 0 saturated carbocycles. The molecule has 2 atom stereocenters. The SMILES string of the molecule is C[C@H](OC(=O)C[C@H]1CCS(=O)(=O)C1)C(=O)c1c[nH]c2ccccc12. The zero-order valence-corrected chi connectivity index (χ0v) is 14.1. The molecule has 0 aliphatic carbocycles. The molecular weight excluding hydrogens is 330 g/mol. The van der Waals surface area contributed by atoms with Gasteiger partial charge >= 0.3 is 5.97 Å². The van der Waals surface area contributed by atoms with Crippen LogP contribution in [-0.2, 0) is 19.4 Å². The first kappa shape index (κ1) is 16.7. The fourth-order valence-corrected chi connectivity index (χ4v) is 4.92. The van der Waals surface area contributed by atoms with Crippen LogP contribution in [0.2, 0.25) is 0 Å². The van der Waals surface area contributed by atoms with Crippen LogP contribution >= 0.6 is 0 Å². The standard InChI is InChI=1S/C17H19NO5S/c1-11(23-16(19)8-12-6-7-24(21,22)10-12)17(20)14-9-18-15-5-3-2-4-13(14)15/h2-5,9,11-12,18H,6-8,10H2,1H3/t11-,12+/m0/s1. The van der Waals surface area contributed by atoms with E-state index in [-0.39, 0.29) is 29.6 Å². The van der Waals surface area contributed by atoms with Crippen LogP contribution in [0.1, 0.15) is 30.1 Å². The molecule has 1 N–H and O–H groups in total. The van der Waals surface area contributed by atoms with E-state index in [1.165, 1.54) is 6.92 Å². The van der Waals surface area contributed by atoms with Gasteiger partial charge in [-0.1, -0.05) is 18.2 Å². The van der Waals surface area contributed by atoms with E-state index in [1.54, 1.807) is 6.20 Å². The summed E-state index contributed by atoms with van der Waals surface area (Å²) in [5.41, 5.74) is 1.32. The lowest BCUT2D eigenvalue weighted by atomic mass is 10.0. The van der Waals surface area contributed by atoms with Gasteiger partial charge in [0.2, 0.25) is 5.78 Å². The molecule has 0 bridgehead atoms. The van der Waals surface area contributed by atoms with Crippen LogP contribution in [0.5, 0.6) is 0 Å². The normalized spacial score (nSPS) is 20.8. The minimum absolute atomic E-state index is 0.0207. The van der Waals surface area contributed by atoms with Gasteiger partial charge in [-0.05, 0) is 25.3 Å². The molecule has 1 saturated heterocycles. The number of hydrogen-bond acceptors (Lipinski definition) is 5. The summed E-state index contributed by atoms with van der Waals surface area (Å²) in [5.74, 6) is -0.878. The Morgan fingerprint density at radius 2 is 2.08 bits per heavy atom. The first-order valence-corrected chi connectivity index (χ1v) is 9.68. The molecule has 1 aromatic heterocycles. The molecular formula is C17H19NO5S. The zero-order chi connectivity index (χ0) is 17.3. The number of ketones is 1. The fraction of sp³-hybridized carbons (Fsp3) is 0.412. The number of H-pyrrole nitrogens is 1. The summed E-state index contributed by atoms with van der Waals surface area (Å²) in [6.45, 7) is 1.54. The van der Waals surface area contributed by atoms with Crippen molar-refractivity contribution >= 4 is 32.5 Å². The molecule has 7 heteroatoms. The molecule has 2 heterocycles. The van der Waals surface area contributed by atoms with E-state index >= 15 is 0 Å². The van der Waals surface area contributed by atoms with Crippen molar-refractivity contribution in [2.75, 3.05) is 11.5 Å². The fourth-order valence-electron chi connectivity index (χ4n) is 3.06. The minimum Gasteiger partial charge on any atom is -0.454 e. The van der Waals surface area contributed by atoms with E-state index in [9.17, 15) is 18.0 Å². The summed E-state index contributed by atoms with van der Waals surface area (Å²) in [7, 11) is -3.02. The number of esters is 1. The summed E-state index contributed by atoms with van der Waals surface area (Å²) in [6.07, 6.45) is 1.21. The maximum atomic E-state index is 12.5.